The summed E-state index contributed by atoms with van der Waals surface area (Å²) < 4.78 is 5.85. The van der Waals surface area contributed by atoms with Crippen molar-refractivity contribution in [2.75, 3.05) is 13.1 Å². The van der Waals surface area contributed by atoms with Gasteiger partial charge in [-0.25, -0.2) is 4.98 Å². The van der Waals surface area contributed by atoms with E-state index >= 15 is 0 Å². The van der Waals surface area contributed by atoms with Crippen LogP contribution in [0.2, 0.25) is 0 Å². The molecule has 1 aliphatic rings. The quantitative estimate of drug-likeness (QED) is 0.821. The molecule has 0 fully saturated rings. The summed E-state index contributed by atoms with van der Waals surface area (Å²) in [7, 11) is 0. The van der Waals surface area contributed by atoms with Crippen LogP contribution in [-0.2, 0) is 19.3 Å². The minimum absolute atomic E-state index is 0.840. The van der Waals surface area contributed by atoms with Gasteiger partial charge in [0.05, 0.1) is 11.1 Å². The third-order valence-corrected chi connectivity index (χ3v) is 4.74. The topological polar surface area (TPSA) is 38.1 Å². The number of oxazole rings is 1. The molecular formula is C15H20N2OS. The van der Waals surface area contributed by atoms with E-state index < -0.39 is 0 Å². The van der Waals surface area contributed by atoms with Crippen molar-refractivity contribution in [3.05, 3.63) is 28.6 Å². The monoisotopic (exact) mass is 276 g/mol. The summed E-state index contributed by atoms with van der Waals surface area (Å²) in [6.07, 6.45) is 7.68. The van der Waals surface area contributed by atoms with Gasteiger partial charge in [-0.2, -0.15) is 0 Å². The number of aryl methyl sites for hydroxylation is 2. The van der Waals surface area contributed by atoms with Crippen LogP contribution < -0.4 is 5.32 Å². The van der Waals surface area contributed by atoms with Crippen LogP contribution in [0.15, 0.2) is 16.7 Å². The van der Waals surface area contributed by atoms with E-state index in [1.165, 1.54) is 34.6 Å². The molecule has 0 saturated heterocycles. The molecule has 0 radical (unpaired) electrons. The summed E-state index contributed by atoms with van der Waals surface area (Å²) in [5.74, 6) is 1.78. The van der Waals surface area contributed by atoms with Gasteiger partial charge in [0.25, 0.3) is 0 Å². The summed E-state index contributed by atoms with van der Waals surface area (Å²) >= 11 is 1.87. The van der Waals surface area contributed by atoms with E-state index in [1.807, 2.05) is 17.5 Å². The normalized spacial score (nSPS) is 13.9. The predicted octanol–water partition coefficient (Wildman–Crippen LogP) is 3.43. The van der Waals surface area contributed by atoms with Crippen molar-refractivity contribution in [2.24, 2.45) is 0 Å². The van der Waals surface area contributed by atoms with Crippen molar-refractivity contribution in [3.8, 4) is 10.6 Å². The molecule has 102 valence electrons. The zero-order valence-corrected chi connectivity index (χ0v) is 12.2. The Morgan fingerprint density at radius 3 is 3.16 bits per heavy atom. The molecule has 0 amide bonds. The van der Waals surface area contributed by atoms with Crippen molar-refractivity contribution < 1.29 is 4.42 Å². The lowest BCUT2D eigenvalue weighted by Gasteiger charge is -1.99. The molecule has 3 rings (SSSR count). The Labute approximate surface area is 118 Å². The number of nitrogens with zero attached hydrogens (tertiary/aromatic N) is 1. The van der Waals surface area contributed by atoms with Crippen LogP contribution in [0, 0.1) is 0 Å². The second kappa shape index (κ2) is 5.88. The molecule has 2 aromatic rings. The number of rotatable bonds is 6. The Hall–Kier alpha value is -1.13. The van der Waals surface area contributed by atoms with Gasteiger partial charge in [-0.3, -0.25) is 0 Å². The SMILES string of the molecule is CCCNCCc1ncc(-c2cc3c(s2)CCC3)o1. The molecule has 2 heterocycles. The molecule has 3 nitrogen and oxygen atoms in total. The molecule has 1 aliphatic carbocycles. The maximum atomic E-state index is 5.85. The van der Waals surface area contributed by atoms with Gasteiger partial charge in [0.1, 0.15) is 0 Å². The van der Waals surface area contributed by atoms with Gasteiger partial charge in [0.2, 0.25) is 0 Å². The van der Waals surface area contributed by atoms with Crippen LogP contribution in [0.1, 0.15) is 36.1 Å². The fourth-order valence-electron chi connectivity index (χ4n) is 2.49. The van der Waals surface area contributed by atoms with E-state index in [9.17, 15) is 0 Å². The van der Waals surface area contributed by atoms with Crippen LogP contribution >= 0.6 is 11.3 Å². The highest BCUT2D eigenvalue weighted by Crippen LogP contribution is 2.36. The second-order valence-corrected chi connectivity index (χ2v) is 6.17. The number of nitrogens with one attached hydrogen (secondary N) is 1. The lowest BCUT2D eigenvalue weighted by Crippen LogP contribution is -2.17. The molecular weight excluding hydrogens is 256 g/mol. The third kappa shape index (κ3) is 2.90. The van der Waals surface area contributed by atoms with E-state index in [2.05, 4.69) is 23.3 Å². The number of fused-ring (bicyclic) bond motifs is 1. The fraction of sp³-hybridized carbons (Fsp3) is 0.533. The zero-order valence-electron chi connectivity index (χ0n) is 11.4. The molecule has 19 heavy (non-hydrogen) atoms. The van der Waals surface area contributed by atoms with Gasteiger partial charge >= 0.3 is 0 Å². The summed E-state index contributed by atoms with van der Waals surface area (Å²) in [5, 5.41) is 3.37. The number of aromatic nitrogens is 1. The summed E-state index contributed by atoms with van der Waals surface area (Å²) in [5.41, 5.74) is 1.52. The smallest absolute Gasteiger partial charge is 0.196 e. The molecule has 0 saturated carbocycles. The average molecular weight is 276 g/mol. The maximum absolute atomic E-state index is 5.85. The number of thiophene rings is 1. The second-order valence-electron chi connectivity index (χ2n) is 5.03. The summed E-state index contributed by atoms with van der Waals surface area (Å²) in [6.45, 7) is 4.17. The fourth-order valence-corrected chi connectivity index (χ4v) is 3.69. The lowest BCUT2D eigenvalue weighted by atomic mass is 10.2. The molecule has 1 N–H and O–H groups in total. The van der Waals surface area contributed by atoms with E-state index in [-0.39, 0.29) is 0 Å². The standard InChI is InChI=1S/C15H20N2OS/c1-2-7-16-8-6-15-17-10-12(18-15)14-9-11-4-3-5-13(11)19-14/h9-10,16H,2-8H2,1H3. The average Bonchev–Trinajstić information content (AvgIpc) is 3.08. The summed E-state index contributed by atoms with van der Waals surface area (Å²) in [6, 6.07) is 2.28. The highest BCUT2D eigenvalue weighted by atomic mass is 32.1. The lowest BCUT2D eigenvalue weighted by molar-refractivity contribution is 0.495. The van der Waals surface area contributed by atoms with Crippen LogP contribution in [0.5, 0.6) is 0 Å². The van der Waals surface area contributed by atoms with Gasteiger partial charge in [0, 0.05) is 17.8 Å². The number of hydrogen-bond donors (Lipinski definition) is 1. The van der Waals surface area contributed by atoms with Crippen LogP contribution in [-0.4, -0.2) is 18.1 Å². The van der Waals surface area contributed by atoms with Crippen LogP contribution in [0.4, 0.5) is 0 Å². The van der Waals surface area contributed by atoms with Gasteiger partial charge in [-0.05, 0) is 43.9 Å². The molecule has 0 aliphatic heterocycles. The third-order valence-electron chi connectivity index (χ3n) is 3.49. The minimum atomic E-state index is 0.840. The Morgan fingerprint density at radius 2 is 2.32 bits per heavy atom. The molecule has 0 atom stereocenters. The van der Waals surface area contributed by atoms with Crippen molar-refractivity contribution in [1.29, 1.82) is 0 Å². The maximum Gasteiger partial charge on any atom is 0.196 e. The Bertz CT molecular complexity index is 523. The zero-order chi connectivity index (χ0) is 13.1. The van der Waals surface area contributed by atoms with Crippen molar-refractivity contribution in [2.45, 2.75) is 39.0 Å². The first-order chi connectivity index (χ1) is 9.36. The van der Waals surface area contributed by atoms with Crippen molar-refractivity contribution >= 4 is 11.3 Å². The van der Waals surface area contributed by atoms with E-state index in [4.69, 9.17) is 4.42 Å². The van der Waals surface area contributed by atoms with E-state index in [1.54, 1.807) is 0 Å². The predicted molar refractivity (Wildman–Crippen MR) is 78.7 cm³/mol. The molecule has 0 spiro atoms. The molecule has 4 heteroatoms. The molecule has 0 unspecified atom stereocenters. The van der Waals surface area contributed by atoms with Crippen LogP contribution in [0.3, 0.4) is 0 Å². The highest BCUT2D eigenvalue weighted by molar-refractivity contribution is 7.15. The van der Waals surface area contributed by atoms with E-state index in [0.717, 1.165) is 37.6 Å². The minimum Gasteiger partial charge on any atom is -0.440 e. The number of hydrogen-bond acceptors (Lipinski definition) is 4. The van der Waals surface area contributed by atoms with Gasteiger partial charge in [-0.1, -0.05) is 6.92 Å². The van der Waals surface area contributed by atoms with Crippen molar-refractivity contribution in [1.82, 2.24) is 10.3 Å². The van der Waals surface area contributed by atoms with Crippen molar-refractivity contribution in [3.63, 3.8) is 0 Å². The first-order valence-corrected chi connectivity index (χ1v) is 7.96. The van der Waals surface area contributed by atoms with Gasteiger partial charge in [0.15, 0.2) is 11.7 Å². The van der Waals surface area contributed by atoms with Gasteiger partial charge in [-0.15, -0.1) is 11.3 Å². The Morgan fingerprint density at radius 1 is 1.37 bits per heavy atom. The van der Waals surface area contributed by atoms with E-state index in [0.29, 0.717) is 0 Å². The largest absolute Gasteiger partial charge is 0.440 e. The van der Waals surface area contributed by atoms with Gasteiger partial charge < -0.3 is 9.73 Å². The Kier molecular flexibility index (Phi) is 3.99. The first-order valence-electron chi connectivity index (χ1n) is 7.14. The first kappa shape index (κ1) is 12.9. The summed E-state index contributed by atoms with van der Waals surface area (Å²) in [4.78, 5) is 7.15. The highest BCUT2D eigenvalue weighted by Gasteiger charge is 2.17. The molecule has 2 aromatic heterocycles. The van der Waals surface area contributed by atoms with Crippen LogP contribution in [0.25, 0.3) is 10.6 Å². The molecule has 0 bridgehead atoms. The Balaban J connectivity index is 1.63. The molecule has 0 aromatic carbocycles.